The van der Waals surface area contributed by atoms with Gasteiger partial charge in [-0.3, -0.25) is 0 Å². The van der Waals surface area contributed by atoms with Crippen molar-refractivity contribution in [2.75, 3.05) is 32.2 Å². The average Bonchev–Trinajstić information content (AvgIpc) is 2.91. The number of nitrogens with zero attached hydrogens (tertiary/aromatic N) is 2. The number of nitrogens with one attached hydrogen (secondary N) is 1. The topological polar surface area (TPSA) is 37.4 Å². The van der Waals surface area contributed by atoms with E-state index in [-0.39, 0.29) is 5.82 Å². The quantitative estimate of drug-likeness (QED) is 0.797. The van der Waals surface area contributed by atoms with Gasteiger partial charge in [0.1, 0.15) is 5.82 Å². The highest BCUT2D eigenvalue weighted by Crippen LogP contribution is 2.28. The predicted molar refractivity (Wildman–Crippen MR) is 80.2 cm³/mol. The molecule has 0 bridgehead atoms. The molecule has 20 heavy (non-hydrogen) atoms. The van der Waals surface area contributed by atoms with Crippen LogP contribution in [0.3, 0.4) is 0 Å². The second kappa shape index (κ2) is 7.33. The van der Waals surface area contributed by atoms with Gasteiger partial charge >= 0.3 is 0 Å². The maximum absolute atomic E-state index is 13.2. The van der Waals surface area contributed by atoms with Crippen LogP contribution in [0.4, 0.5) is 15.2 Å². The van der Waals surface area contributed by atoms with Gasteiger partial charge < -0.3 is 15.0 Å². The number of thiazole rings is 1. The molecule has 0 amide bonds. The number of aromatic nitrogens is 1. The fourth-order valence-corrected chi connectivity index (χ4v) is 2.58. The van der Waals surface area contributed by atoms with E-state index in [2.05, 4.69) is 10.3 Å². The maximum Gasteiger partial charge on any atom is 0.189 e. The molecule has 1 aromatic heterocycles. The van der Waals surface area contributed by atoms with Gasteiger partial charge in [0.15, 0.2) is 5.13 Å². The summed E-state index contributed by atoms with van der Waals surface area (Å²) >= 11 is 1.59. The van der Waals surface area contributed by atoms with Crippen molar-refractivity contribution >= 4 is 22.2 Å². The van der Waals surface area contributed by atoms with Gasteiger partial charge in [-0.15, -0.1) is 11.3 Å². The molecule has 0 spiro atoms. The lowest BCUT2D eigenvalue weighted by molar-refractivity contribution is 0.199. The lowest BCUT2D eigenvalue weighted by atomic mass is 10.3. The smallest absolute Gasteiger partial charge is 0.189 e. The fraction of sp³-hybridized carbons (Fsp3) is 0.357. The number of ether oxygens (including phenoxy) is 1. The van der Waals surface area contributed by atoms with E-state index in [0.29, 0.717) is 6.61 Å². The molecule has 0 fully saturated rings. The third kappa shape index (κ3) is 4.00. The van der Waals surface area contributed by atoms with E-state index in [9.17, 15) is 4.39 Å². The second-order valence-electron chi connectivity index (χ2n) is 4.32. The first kappa shape index (κ1) is 14.9. The highest BCUT2D eigenvalue weighted by Gasteiger charge is 2.09. The Hall–Kier alpha value is -1.50. The lowest BCUT2D eigenvalue weighted by Crippen LogP contribution is -2.17. The molecule has 108 valence electrons. The van der Waals surface area contributed by atoms with Gasteiger partial charge in [-0.25, -0.2) is 9.37 Å². The Morgan fingerprint density at radius 1 is 1.45 bits per heavy atom. The highest BCUT2D eigenvalue weighted by molar-refractivity contribution is 7.15. The van der Waals surface area contributed by atoms with Crippen LogP contribution in [0.1, 0.15) is 4.88 Å². The molecule has 0 saturated carbocycles. The van der Waals surface area contributed by atoms with Crippen LogP contribution in [0.15, 0.2) is 30.5 Å². The first-order chi connectivity index (χ1) is 9.70. The van der Waals surface area contributed by atoms with E-state index >= 15 is 0 Å². The van der Waals surface area contributed by atoms with Gasteiger partial charge in [0.2, 0.25) is 0 Å². The number of hydrogen-bond donors (Lipinski definition) is 1. The predicted octanol–water partition coefficient (Wildman–Crippen LogP) is 2.79. The molecule has 6 heteroatoms. The molecule has 1 N–H and O–H groups in total. The third-order valence-electron chi connectivity index (χ3n) is 2.81. The van der Waals surface area contributed by atoms with Crippen molar-refractivity contribution in [1.29, 1.82) is 0 Å². The molecule has 0 aliphatic heterocycles. The minimum atomic E-state index is -0.243. The molecule has 1 heterocycles. The summed E-state index contributed by atoms with van der Waals surface area (Å²) < 4.78 is 18.2. The maximum atomic E-state index is 13.2. The summed E-state index contributed by atoms with van der Waals surface area (Å²) in [5, 5.41) is 4.12. The second-order valence-corrected chi connectivity index (χ2v) is 5.41. The number of halogens is 1. The zero-order valence-corrected chi connectivity index (χ0v) is 12.4. The molecule has 0 atom stereocenters. The number of benzene rings is 1. The SMILES string of the molecule is COCCNCc1cnc(N(C)c2cccc(F)c2)s1. The van der Waals surface area contributed by atoms with Crippen molar-refractivity contribution < 1.29 is 9.13 Å². The van der Waals surface area contributed by atoms with Crippen LogP contribution in [0, 0.1) is 5.82 Å². The number of rotatable bonds is 7. The summed E-state index contributed by atoms with van der Waals surface area (Å²) in [5.41, 5.74) is 0.790. The van der Waals surface area contributed by atoms with Crippen LogP contribution < -0.4 is 10.2 Å². The summed E-state index contributed by atoms with van der Waals surface area (Å²) in [6.07, 6.45) is 1.84. The van der Waals surface area contributed by atoms with Crippen LogP contribution in [0.2, 0.25) is 0 Å². The van der Waals surface area contributed by atoms with Crippen molar-refractivity contribution in [3.63, 3.8) is 0 Å². The van der Waals surface area contributed by atoms with Gasteiger partial charge in [-0.2, -0.15) is 0 Å². The lowest BCUT2D eigenvalue weighted by Gasteiger charge is -2.15. The average molecular weight is 295 g/mol. The Bertz CT molecular complexity index is 547. The van der Waals surface area contributed by atoms with E-state index in [0.717, 1.165) is 28.8 Å². The summed E-state index contributed by atoms with van der Waals surface area (Å²) in [4.78, 5) is 7.39. The van der Waals surface area contributed by atoms with E-state index in [1.54, 1.807) is 24.5 Å². The number of methoxy groups -OCH3 is 1. The van der Waals surface area contributed by atoms with Crippen molar-refractivity contribution in [3.8, 4) is 0 Å². The van der Waals surface area contributed by atoms with Gasteiger partial charge in [0.05, 0.1) is 6.61 Å². The molecule has 1 aromatic carbocycles. The van der Waals surface area contributed by atoms with Crippen LogP contribution in [-0.4, -0.2) is 32.3 Å². The molecule has 0 radical (unpaired) electrons. The van der Waals surface area contributed by atoms with Gasteiger partial charge in [0.25, 0.3) is 0 Å². The van der Waals surface area contributed by atoms with E-state index in [4.69, 9.17) is 4.74 Å². The molecule has 0 saturated heterocycles. The zero-order valence-electron chi connectivity index (χ0n) is 11.6. The minimum absolute atomic E-state index is 0.243. The summed E-state index contributed by atoms with van der Waals surface area (Å²) in [7, 11) is 3.57. The van der Waals surface area contributed by atoms with Crippen molar-refractivity contribution in [2.24, 2.45) is 0 Å². The normalized spacial score (nSPS) is 10.8. The number of anilines is 2. The third-order valence-corrected chi connectivity index (χ3v) is 3.88. The monoisotopic (exact) mass is 295 g/mol. The highest BCUT2D eigenvalue weighted by atomic mass is 32.1. The summed E-state index contributed by atoms with van der Waals surface area (Å²) in [6, 6.07) is 6.49. The van der Waals surface area contributed by atoms with Gasteiger partial charge in [-0.05, 0) is 18.2 Å². The van der Waals surface area contributed by atoms with Crippen LogP contribution in [-0.2, 0) is 11.3 Å². The molecule has 2 rings (SSSR count). The molecule has 0 aliphatic carbocycles. The molecular formula is C14H18FN3OS. The Balaban J connectivity index is 1.97. The fourth-order valence-electron chi connectivity index (χ4n) is 1.71. The largest absolute Gasteiger partial charge is 0.383 e. The molecule has 0 aliphatic rings. The standard InChI is InChI=1S/C14H18FN3OS/c1-18(12-5-3-4-11(15)8-12)14-17-10-13(20-14)9-16-6-7-19-2/h3-5,8,10,16H,6-7,9H2,1-2H3. The van der Waals surface area contributed by atoms with Crippen LogP contribution in [0.25, 0.3) is 0 Å². The summed E-state index contributed by atoms with van der Waals surface area (Å²) in [5.74, 6) is -0.243. The number of hydrogen-bond acceptors (Lipinski definition) is 5. The molecular weight excluding hydrogens is 277 g/mol. The first-order valence-corrected chi connectivity index (χ1v) is 7.16. The Morgan fingerprint density at radius 2 is 2.30 bits per heavy atom. The Morgan fingerprint density at radius 3 is 3.05 bits per heavy atom. The molecule has 0 unspecified atom stereocenters. The molecule has 2 aromatic rings. The van der Waals surface area contributed by atoms with Crippen LogP contribution in [0.5, 0.6) is 0 Å². The molecule has 4 nitrogen and oxygen atoms in total. The zero-order chi connectivity index (χ0) is 14.4. The van der Waals surface area contributed by atoms with Crippen molar-refractivity contribution in [2.45, 2.75) is 6.54 Å². The van der Waals surface area contributed by atoms with E-state index in [1.165, 1.54) is 12.1 Å². The van der Waals surface area contributed by atoms with Crippen molar-refractivity contribution in [3.05, 3.63) is 41.2 Å². The van der Waals surface area contributed by atoms with Crippen LogP contribution >= 0.6 is 11.3 Å². The minimum Gasteiger partial charge on any atom is -0.383 e. The van der Waals surface area contributed by atoms with E-state index < -0.39 is 0 Å². The Kier molecular flexibility index (Phi) is 5.46. The first-order valence-electron chi connectivity index (χ1n) is 6.34. The Labute approximate surface area is 122 Å². The van der Waals surface area contributed by atoms with Gasteiger partial charge in [-0.1, -0.05) is 6.07 Å². The van der Waals surface area contributed by atoms with Crippen molar-refractivity contribution in [1.82, 2.24) is 10.3 Å². The summed E-state index contributed by atoms with van der Waals surface area (Å²) in [6.45, 7) is 2.26. The van der Waals surface area contributed by atoms with Gasteiger partial charge in [0, 0.05) is 44.0 Å². The van der Waals surface area contributed by atoms with E-state index in [1.807, 2.05) is 24.2 Å².